The van der Waals surface area contributed by atoms with Gasteiger partial charge in [-0.15, -0.1) is 0 Å². The van der Waals surface area contributed by atoms with Crippen LogP contribution in [-0.2, 0) is 27.2 Å². The zero-order valence-corrected chi connectivity index (χ0v) is 18.3. The van der Waals surface area contributed by atoms with Gasteiger partial charge in [-0.3, -0.25) is 14.5 Å². The highest BCUT2D eigenvalue weighted by atomic mass is 35.5. The molecular formula is C24H28ClN3O3. The first-order chi connectivity index (χ1) is 15.1. The number of amides is 2. The molecule has 2 aliphatic heterocycles. The number of anilines is 1. The van der Waals surface area contributed by atoms with Crippen LogP contribution in [0.1, 0.15) is 35.6 Å². The molecule has 2 aromatic carbocycles. The van der Waals surface area contributed by atoms with Gasteiger partial charge in [0.15, 0.2) is 0 Å². The Morgan fingerprint density at radius 1 is 1.16 bits per heavy atom. The van der Waals surface area contributed by atoms with E-state index in [-0.39, 0.29) is 17.9 Å². The lowest BCUT2D eigenvalue weighted by molar-refractivity contribution is -0.121. The lowest BCUT2D eigenvalue weighted by atomic mass is 10.0. The second kappa shape index (κ2) is 10.3. The molecule has 6 nitrogen and oxygen atoms in total. The summed E-state index contributed by atoms with van der Waals surface area (Å²) in [5.74, 6) is 0.104. The number of hydrogen-bond acceptors (Lipinski definition) is 4. The van der Waals surface area contributed by atoms with Gasteiger partial charge >= 0.3 is 0 Å². The van der Waals surface area contributed by atoms with Crippen LogP contribution in [0.15, 0.2) is 42.5 Å². The molecule has 2 heterocycles. The van der Waals surface area contributed by atoms with Crippen molar-refractivity contribution in [1.29, 1.82) is 0 Å². The van der Waals surface area contributed by atoms with Crippen molar-refractivity contribution in [2.24, 2.45) is 0 Å². The molecule has 31 heavy (non-hydrogen) atoms. The lowest BCUT2D eigenvalue weighted by Crippen LogP contribution is -2.43. The third-order valence-corrected chi connectivity index (χ3v) is 6.15. The van der Waals surface area contributed by atoms with Crippen LogP contribution in [0.4, 0.5) is 5.69 Å². The Hall–Kier alpha value is -2.41. The molecule has 2 aromatic rings. The minimum absolute atomic E-state index is 0.0436. The molecule has 2 amide bonds. The molecule has 0 aromatic heterocycles. The average Bonchev–Trinajstić information content (AvgIpc) is 3.15. The van der Waals surface area contributed by atoms with Crippen LogP contribution in [0.25, 0.3) is 0 Å². The predicted molar refractivity (Wildman–Crippen MR) is 121 cm³/mol. The summed E-state index contributed by atoms with van der Waals surface area (Å²) in [6.45, 7) is 3.67. The van der Waals surface area contributed by atoms with E-state index in [1.807, 2.05) is 36.4 Å². The van der Waals surface area contributed by atoms with Crippen LogP contribution in [0.3, 0.4) is 0 Å². The number of hydrogen-bond donors (Lipinski definition) is 2. The first-order valence-electron chi connectivity index (χ1n) is 10.8. The summed E-state index contributed by atoms with van der Waals surface area (Å²) < 4.78 is 5.49. The van der Waals surface area contributed by atoms with E-state index in [0.717, 1.165) is 48.3 Å². The number of carbonyl (C=O) groups is 2. The molecule has 0 radical (unpaired) electrons. The number of halogens is 1. The monoisotopic (exact) mass is 441 g/mol. The van der Waals surface area contributed by atoms with Crippen molar-refractivity contribution in [1.82, 2.24) is 10.2 Å². The van der Waals surface area contributed by atoms with E-state index in [0.29, 0.717) is 37.6 Å². The molecule has 1 saturated heterocycles. The molecule has 2 aliphatic rings. The highest BCUT2D eigenvalue weighted by molar-refractivity contribution is 6.30. The number of ether oxygens (including phenoxy) is 1. The van der Waals surface area contributed by atoms with Crippen molar-refractivity contribution in [3.63, 3.8) is 0 Å². The summed E-state index contributed by atoms with van der Waals surface area (Å²) in [6.07, 6.45) is 2.51. The van der Waals surface area contributed by atoms with Crippen molar-refractivity contribution in [3.05, 3.63) is 64.2 Å². The highest BCUT2D eigenvalue weighted by Crippen LogP contribution is 2.25. The standard InChI is InChI=1S/C24H28ClN3O3/c25-20-7-5-18(6-8-20)22(28-10-12-31-13-11-28)16-26-23(29)3-1-2-17-4-9-21-19(14-17)15-24(30)27-21/h4-9,14,22H,1-3,10-13,15-16H2,(H,26,29)(H,27,30). The number of fused-ring (bicyclic) bond motifs is 1. The Kier molecular flexibility index (Phi) is 7.22. The third kappa shape index (κ3) is 5.85. The van der Waals surface area contributed by atoms with Crippen LogP contribution < -0.4 is 10.6 Å². The number of rotatable bonds is 8. The van der Waals surface area contributed by atoms with Gasteiger partial charge in [-0.25, -0.2) is 0 Å². The Morgan fingerprint density at radius 3 is 2.71 bits per heavy atom. The van der Waals surface area contributed by atoms with E-state index < -0.39 is 0 Å². The summed E-state index contributed by atoms with van der Waals surface area (Å²) in [5, 5.41) is 6.67. The van der Waals surface area contributed by atoms with Crippen molar-refractivity contribution in [3.8, 4) is 0 Å². The van der Waals surface area contributed by atoms with E-state index >= 15 is 0 Å². The maximum atomic E-state index is 12.5. The molecule has 0 aliphatic carbocycles. The predicted octanol–water partition coefficient (Wildman–Crippen LogP) is 3.35. The van der Waals surface area contributed by atoms with Crippen LogP contribution in [0.5, 0.6) is 0 Å². The Labute approximate surface area is 187 Å². The SMILES string of the molecule is O=C(CCCc1ccc2c(c1)CC(=O)N2)NCC(c1ccc(Cl)cc1)N1CCOCC1. The maximum absolute atomic E-state index is 12.5. The topological polar surface area (TPSA) is 70.7 Å². The summed E-state index contributed by atoms with van der Waals surface area (Å²) in [6, 6.07) is 14.0. The van der Waals surface area contributed by atoms with Crippen molar-refractivity contribution in [2.75, 3.05) is 38.2 Å². The Balaban J connectivity index is 1.28. The minimum Gasteiger partial charge on any atom is -0.379 e. The molecule has 164 valence electrons. The maximum Gasteiger partial charge on any atom is 0.228 e. The molecule has 1 fully saturated rings. The van der Waals surface area contributed by atoms with E-state index in [9.17, 15) is 9.59 Å². The summed E-state index contributed by atoms with van der Waals surface area (Å²) in [7, 11) is 0. The van der Waals surface area contributed by atoms with Gasteiger partial charge in [0, 0.05) is 36.8 Å². The van der Waals surface area contributed by atoms with Crippen LogP contribution in [0.2, 0.25) is 5.02 Å². The normalized spacial score (nSPS) is 17.1. The minimum atomic E-state index is 0.0436. The smallest absolute Gasteiger partial charge is 0.228 e. The van der Waals surface area contributed by atoms with Crippen LogP contribution >= 0.6 is 11.6 Å². The van der Waals surface area contributed by atoms with Gasteiger partial charge in [-0.2, -0.15) is 0 Å². The molecule has 0 spiro atoms. The van der Waals surface area contributed by atoms with Gasteiger partial charge in [0.1, 0.15) is 0 Å². The zero-order chi connectivity index (χ0) is 21.6. The molecule has 4 rings (SSSR count). The first-order valence-corrected chi connectivity index (χ1v) is 11.2. The van der Waals surface area contributed by atoms with Gasteiger partial charge in [-0.05, 0) is 47.7 Å². The van der Waals surface area contributed by atoms with Crippen molar-refractivity contribution >= 4 is 29.1 Å². The number of aryl methyl sites for hydroxylation is 1. The summed E-state index contributed by atoms with van der Waals surface area (Å²) in [4.78, 5) is 26.4. The van der Waals surface area contributed by atoms with E-state index in [4.69, 9.17) is 16.3 Å². The third-order valence-electron chi connectivity index (χ3n) is 5.90. The molecule has 7 heteroatoms. The number of benzene rings is 2. The fourth-order valence-corrected chi connectivity index (χ4v) is 4.35. The van der Waals surface area contributed by atoms with Crippen LogP contribution in [0, 0.1) is 0 Å². The number of carbonyl (C=O) groups excluding carboxylic acids is 2. The molecule has 0 bridgehead atoms. The molecule has 1 atom stereocenters. The van der Waals surface area contributed by atoms with Crippen molar-refractivity contribution < 1.29 is 14.3 Å². The lowest BCUT2D eigenvalue weighted by Gasteiger charge is -2.35. The van der Waals surface area contributed by atoms with Gasteiger partial charge in [0.2, 0.25) is 11.8 Å². The highest BCUT2D eigenvalue weighted by Gasteiger charge is 2.23. The quantitative estimate of drug-likeness (QED) is 0.659. The number of morpholine rings is 1. The van der Waals surface area contributed by atoms with Gasteiger partial charge in [-0.1, -0.05) is 35.9 Å². The first kappa shape index (κ1) is 21.8. The molecule has 2 N–H and O–H groups in total. The van der Waals surface area contributed by atoms with Gasteiger partial charge < -0.3 is 15.4 Å². The van der Waals surface area contributed by atoms with E-state index in [1.165, 1.54) is 0 Å². The molecule has 0 saturated carbocycles. The van der Waals surface area contributed by atoms with E-state index in [2.05, 4.69) is 21.6 Å². The Bertz CT molecular complexity index is 926. The van der Waals surface area contributed by atoms with Crippen LogP contribution in [-0.4, -0.2) is 49.6 Å². The zero-order valence-electron chi connectivity index (χ0n) is 17.5. The number of nitrogens with zero attached hydrogens (tertiary/aromatic N) is 1. The molecular weight excluding hydrogens is 414 g/mol. The molecule has 1 unspecified atom stereocenters. The second-order valence-corrected chi connectivity index (χ2v) is 8.53. The Morgan fingerprint density at radius 2 is 1.94 bits per heavy atom. The van der Waals surface area contributed by atoms with E-state index in [1.54, 1.807) is 0 Å². The van der Waals surface area contributed by atoms with Gasteiger partial charge in [0.25, 0.3) is 0 Å². The fraction of sp³-hybridized carbons (Fsp3) is 0.417. The second-order valence-electron chi connectivity index (χ2n) is 8.09. The van der Waals surface area contributed by atoms with Crippen molar-refractivity contribution in [2.45, 2.75) is 31.7 Å². The largest absolute Gasteiger partial charge is 0.379 e. The fourth-order valence-electron chi connectivity index (χ4n) is 4.22. The van der Waals surface area contributed by atoms with Gasteiger partial charge in [0.05, 0.1) is 25.7 Å². The summed E-state index contributed by atoms with van der Waals surface area (Å²) in [5.41, 5.74) is 4.26. The number of nitrogens with one attached hydrogen (secondary N) is 2. The summed E-state index contributed by atoms with van der Waals surface area (Å²) >= 11 is 6.05. The average molecular weight is 442 g/mol.